The molecule has 2 aliphatic heterocycles. The Hall–Kier alpha value is -1.55. The summed E-state index contributed by atoms with van der Waals surface area (Å²) in [6.07, 6.45) is 3.15. The van der Waals surface area contributed by atoms with Crippen molar-refractivity contribution in [2.75, 3.05) is 0 Å². The summed E-state index contributed by atoms with van der Waals surface area (Å²) in [6, 6.07) is 10.0. The van der Waals surface area contributed by atoms with Crippen molar-refractivity contribution in [1.82, 2.24) is 10.2 Å². The molecule has 1 N–H and O–H groups in total. The van der Waals surface area contributed by atoms with E-state index in [9.17, 15) is 4.79 Å². The quantitative estimate of drug-likeness (QED) is 0.926. The number of rotatable bonds is 3. The number of amides is 1. The third-order valence-corrected chi connectivity index (χ3v) is 4.87. The summed E-state index contributed by atoms with van der Waals surface area (Å²) in [4.78, 5) is 14.6. The van der Waals surface area contributed by atoms with Crippen LogP contribution in [0.3, 0.4) is 0 Å². The van der Waals surface area contributed by atoms with Crippen LogP contribution in [0.15, 0.2) is 24.3 Å². The first-order valence-electron chi connectivity index (χ1n) is 8.62. The molecule has 4 heteroatoms. The van der Waals surface area contributed by atoms with Crippen LogP contribution in [0, 0.1) is 6.92 Å². The molecule has 2 saturated heterocycles. The van der Waals surface area contributed by atoms with Crippen LogP contribution < -0.4 is 5.32 Å². The molecule has 23 heavy (non-hydrogen) atoms. The van der Waals surface area contributed by atoms with E-state index in [0.717, 1.165) is 19.4 Å². The molecule has 2 heterocycles. The average molecular weight is 316 g/mol. The summed E-state index contributed by atoms with van der Waals surface area (Å²) in [5, 5.41) is 3.09. The van der Waals surface area contributed by atoms with E-state index in [1.54, 1.807) is 0 Å². The normalized spacial score (nSPS) is 27.2. The van der Waals surface area contributed by atoms with E-state index < -0.39 is 5.60 Å². The number of benzene rings is 1. The number of aryl methyl sites for hydroxylation is 1. The fourth-order valence-corrected chi connectivity index (χ4v) is 3.87. The van der Waals surface area contributed by atoms with Crippen LogP contribution in [0.25, 0.3) is 0 Å². The Labute approximate surface area is 139 Å². The predicted octanol–water partition coefficient (Wildman–Crippen LogP) is 3.63. The van der Waals surface area contributed by atoms with E-state index in [-0.39, 0.29) is 12.1 Å². The van der Waals surface area contributed by atoms with Crippen molar-refractivity contribution in [3.63, 3.8) is 0 Å². The number of carbonyl (C=O) groups is 1. The second kappa shape index (κ2) is 6.16. The number of hydrogen-bond acceptors (Lipinski definition) is 3. The standard InChI is InChI=1S/C19H28N2O2/c1-13-5-7-14(8-6-13)12-21-15-9-10-17(21)16(11-15)20-18(22)23-19(2,3)4/h5-8,15-17H,9-12H2,1-4H3,(H,20,22). The molecule has 0 saturated carbocycles. The number of fused-ring (bicyclic) bond motifs is 2. The lowest BCUT2D eigenvalue weighted by Crippen LogP contribution is -2.45. The van der Waals surface area contributed by atoms with Gasteiger partial charge in [-0.25, -0.2) is 4.79 Å². The summed E-state index contributed by atoms with van der Waals surface area (Å²) >= 11 is 0. The van der Waals surface area contributed by atoms with Gasteiger partial charge in [-0.05, 0) is 52.5 Å². The molecule has 1 aromatic carbocycles. The first kappa shape index (κ1) is 16.3. The molecule has 0 radical (unpaired) electrons. The highest BCUT2D eigenvalue weighted by Gasteiger charge is 2.46. The fraction of sp³-hybridized carbons (Fsp3) is 0.632. The lowest BCUT2D eigenvalue weighted by Gasteiger charge is -2.27. The molecule has 3 unspecified atom stereocenters. The van der Waals surface area contributed by atoms with Crippen LogP contribution in [-0.4, -0.2) is 34.7 Å². The second-order valence-corrected chi connectivity index (χ2v) is 7.94. The maximum atomic E-state index is 12.0. The van der Waals surface area contributed by atoms with Crippen LogP contribution in [0.2, 0.25) is 0 Å². The van der Waals surface area contributed by atoms with E-state index in [4.69, 9.17) is 4.74 Å². The minimum Gasteiger partial charge on any atom is -0.444 e. The summed E-state index contributed by atoms with van der Waals surface area (Å²) in [7, 11) is 0. The van der Waals surface area contributed by atoms with Crippen LogP contribution in [0.4, 0.5) is 4.79 Å². The van der Waals surface area contributed by atoms with E-state index >= 15 is 0 Å². The Balaban J connectivity index is 1.60. The number of nitrogens with zero attached hydrogens (tertiary/aromatic N) is 1. The molecule has 126 valence electrons. The van der Waals surface area contributed by atoms with Gasteiger partial charge < -0.3 is 10.1 Å². The topological polar surface area (TPSA) is 41.6 Å². The van der Waals surface area contributed by atoms with Crippen molar-refractivity contribution in [1.29, 1.82) is 0 Å². The molecule has 1 amide bonds. The molecule has 2 fully saturated rings. The van der Waals surface area contributed by atoms with Gasteiger partial charge in [-0.15, -0.1) is 0 Å². The van der Waals surface area contributed by atoms with Gasteiger partial charge >= 0.3 is 6.09 Å². The van der Waals surface area contributed by atoms with Gasteiger partial charge in [-0.3, -0.25) is 4.90 Å². The largest absolute Gasteiger partial charge is 0.444 e. The zero-order valence-corrected chi connectivity index (χ0v) is 14.6. The Kier molecular flexibility index (Phi) is 4.37. The maximum Gasteiger partial charge on any atom is 0.407 e. The zero-order valence-electron chi connectivity index (χ0n) is 14.6. The van der Waals surface area contributed by atoms with Gasteiger partial charge in [-0.1, -0.05) is 29.8 Å². The van der Waals surface area contributed by atoms with E-state index in [2.05, 4.69) is 41.4 Å². The van der Waals surface area contributed by atoms with Crippen molar-refractivity contribution < 1.29 is 9.53 Å². The molecule has 0 aromatic heterocycles. The summed E-state index contributed by atoms with van der Waals surface area (Å²) < 4.78 is 5.41. The van der Waals surface area contributed by atoms with Crippen molar-refractivity contribution in [2.24, 2.45) is 0 Å². The van der Waals surface area contributed by atoms with Gasteiger partial charge in [-0.2, -0.15) is 0 Å². The van der Waals surface area contributed by atoms with Gasteiger partial charge in [0.15, 0.2) is 0 Å². The third kappa shape index (κ3) is 3.86. The van der Waals surface area contributed by atoms with E-state index in [1.165, 1.54) is 17.5 Å². The van der Waals surface area contributed by atoms with Crippen LogP contribution in [0.5, 0.6) is 0 Å². The van der Waals surface area contributed by atoms with Crippen molar-refractivity contribution in [2.45, 2.75) is 77.2 Å². The molecule has 2 bridgehead atoms. The Morgan fingerprint density at radius 3 is 2.61 bits per heavy atom. The van der Waals surface area contributed by atoms with E-state index in [0.29, 0.717) is 12.1 Å². The molecular weight excluding hydrogens is 288 g/mol. The highest BCUT2D eigenvalue weighted by molar-refractivity contribution is 5.68. The Morgan fingerprint density at radius 1 is 1.26 bits per heavy atom. The van der Waals surface area contributed by atoms with Crippen molar-refractivity contribution in [3.05, 3.63) is 35.4 Å². The Bertz CT molecular complexity index is 562. The third-order valence-electron chi connectivity index (χ3n) is 4.87. The van der Waals surface area contributed by atoms with E-state index in [1.807, 2.05) is 20.8 Å². The fourth-order valence-electron chi connectivity index (χ4n) is 3.87. The number of alkyl carbamates (subject to hydrolysis) is 1. The maximum absolute atomic E-state index is 12.0. The first-order chi connectivity index (χ1) is 10.8. The smallest absolute Gasteiger partial charge is 0.407 e. The minimum atomic E-state index is -0.441. The first-order valence-corrected chi connectivity index (χ1v) is 8.62. The lowest BCUT2D eigenvalue weighted by molar-refractivity contribution is 0.0491. The number of nitrogens with one attached hydrogen (secondary N) is 1. The van der Waals surface area contributed by atoms with Gasteiger partial charge in [0.05, 0.1) is 0 Å². The van der Waals surface area contributed by atoms with Gasteiger partial charge in [0.1, 0.15) is 5.60 Å². The molecule has 2 aliphatic rings. The Morgan fingerprint density at radius 2 is 1.96 bits per heavy atom. The van der Waals surface area contributed by atoms with Gasteiger partial charge in [0.2, 0.25) is 0 Å². The summed E-state index contributed by atoms with van der Waals surface area (Å²) in [5.41, 5.74) is 2.21. The summed E-state index contributed by atoms with van der Waals surface area (Å²) in [5.74, 6) is 0. The molecular formula is C19H28N2O2. The molecule has 3 atom stereocenters. The minimum absolute atomic E-state index is 0.217. The van der Waals surface area contributed by atoms with Crippen LogP contribution >= 0.6 is 0 Å². The molecule has 3 rings (SSSR count). The number of hydrogen-bond donors (Lipinski definition) is 1. The second-order valence-electron chi connectivity index (χ2n) is 7.94. The number of carbonyl (C=O) groups excluding carboxylic acids is 1. The SMILES string of the molecule is Cc1ccc(CN2C3CCC2C(NC(=O)OC(C)(C)C)C3)cc1. The van der Waals surface area contributed by atoms with Gasteiger partial charge in [0.25, 0.3) is 0 Å². The molecule has 4 nitrogen and oxygen atoms in total. The molecule has 0 spiro atoms. The molecule has 0 aliphatic carbocycles. The predicted molar refractivity (Wildman–Crippen MR) is 91.3 cm³/mol. The van der Waals surface area contributed by atoms with Crippen molar-refractivity contribution >= 4 is 6.09 Å². The highest BCUT2D eigenvalue weighted by atomic mass is 16.6. The van der Waals surface area contributed by atoms with Crippen LogP contribution in [-0.2, 0) is 11.3 Å². The molecule has 1 aromatic rings. The average Bonchev–Trinajstić information content (AvgIpc) is 2.96. The zero-order chi connectivity index (χ0) is 16.6. The highest BCUT2D eigenvalue weighted by Crippen LogP contribution is 2.38. The number of ether oxygens (including phenoxy) is 1. The van der Waals surface area contributed by atoms with Crippen molar-refractivity contribution in [3.8, 4) is 0 Å². The van der Waals surface area contributed by atoms with Crippen LogP contribution in [0.1, 0.15) is 51.2 Å². The monoisotopic (exact) mass is 316 g/mol. The summed E-state index contributed by atoms with van der Waals surface area (Å²) in [6.45, 7) is 8.79. The van der Waals surface area contributed by atoms with Gasteiger partial charge in [0, 0.05) is 24.7 Å². The lowest BCUT2D eigenvalue weighted by atomic mass is 9.96.